The second kappa shape index (κ2) is 9.62. The second-order valence-corrected chi connectivity index (χ2v) is 6.33. The lowest BCUT2D eigenvalue weighted by Crippen LogP contribution is -2.47. The highest BCUT2D eigenvalue weighted by atomic mass is 16.5. The number of hydrazine groups is 1. The molecule has 0 spiro atoms. The van der Waals surface area contributed by atoms with Crippen LogP contribution in [0.25, 0.3) is 0 Å². The summed E-state index contributed by atoms with van der Waals surface area (Å²) in [6.45, 7) is 8.19. The summed E-state index contributed by atoms with van der Waals surface area (Å²) in [7, 11) is 0. The van der Waals surface area contributed by atoms with Crippen molar-refractivity contribution in [2.75, 3.05) is 6.61 Å². The molecule has 0 fully saturated rings. The molecule has 6 nitrogen and oxygen atoms in total. The van der Waals surface area contributed by atoms with Gasteiger partial charge in [0.15, 0.2) is 6.10 Å². The van der Waals surface area contributed by atoms with Crippen LogP contribution in [0.4, 0.5) is 0 Å². The summed E-state index contributed by atoms with van der Waals surface area (Å²) in [6, 6.07) is 12.4. The third-order valence-corrected chi connectivity index (χ3v) is 4.03. The van der Waals surface area contributed by atoms with E-state index in [1.165, 1.54) is 0 Å². The van der Waals surface area contributed by atoms with Crippen LogP contribution >= 0.6 is 0 Å². The van der Waals surface area contributed by atoms with Crippen LogP contribution < -0.4 is 20.3 Å². The number of hydrogen-bond acceptors (Lipinski definition) is 4. The van der Waals surface area contributed by atoms with E-state index in [9.17, 15) is 9.59 Å². The van der Waals surface area contributed by atoms with E-state index in [1.54, 1.807) is 31.2 Å². The number of benzene rings is 2. The molecule has 0 aromatic heterocycles. The molecule has 2 amide bonds. The molecule has 0 aliphatic carbocycles. The molecule has 0 radical (unpaired) electrons. The summed E-state index contributed by atoms with van der Waals surface area (Å²) in [5.41, 5.74) is 7.41. The van der Waals surface area contributed by atoms with Gasteiger partial charge in [0, 0.05) is 5.56 Å². The van der Waals surface area contributed by atoms with Crippen LogP contribution in [0.15, 0.2) is 42.5 Å². The molecule has 2 N–H and O–H groups in total. The van der Waals surface area contributed by atoms with E-state index in [0.29, 0.717) is 23.7 Å². The lowest BCUT2D eigenvalue weighted by molar-refractivity contribution is -0.128. The fourth-order valence-corrected chi connectivity index (χ4v) is 2.28. The van der Waals surface area contributed by atoms with Gasteiger partial charge in [-0.05, 0) is 68.7 Å². The quantitative estimate of drug-likeness (QED) is 0.733. The zero-order valence-corrected chi connectivity index (χ0v) is 16.2. The Bertz CT molecular complexity index is 805. The highest BCUT2D eigenvalue weighted by Gasteiger charge is 2.16. The third-order valence-electron chi connectivity index (χ3n) is 4.03. The Hall–Kier alpha value is -3.02. The fourth-order valence-electron chi connectivity index (χ4n) is 2.28. The first-order chi connectivity index (χ1) is 12.9. The van der Waals surface area contributed by atoms with E-state index in [-0.39, 0.29) is 0 Å². The second-order valence-electron chi connectivity index (χ2n) is 6.33. The minimum Gasteiger partial charge on any atom is -0.494 e. The topological polar surface area (TPSA) is 76.7 Å². The van der Waals surface area contributed by atoms with E-state index in [2.05, 4.69) is 10.9 Å². The summed E-state index contributed by atoms with van der Waals surface area (Å²) in [5, 5.41) is 0. The van der Waals surface area contributed by atoms with Gasteiger partial charge in [0.1, 0.15) is 11.5 Å². The standard InChI is InChI=1S/C21H26N2O4/c1-5-11-26-18-8-6-7-17(13-18)21(25)23-22-20(24)16(4)27-19-10-9-14(2)15(3)12-19/h6-10,12-13,16H,5,11H2,1-4H3,(H,22,24)(H,23,25). The van der Waals surface area contributed by atoms with Gasteiger partial charge < -0.3 is 9.47 Å². The predicted molar refractivity (Wildman–Crippen MR) is 104 cm³/mol. The molecule has 144 valence electrons. The average Bonchev–Trinajstić information content (AvgIpc) is 2.67. The largest absolute Gasteiger partial charge is 0.494 e. The third kappa shape index (κ3) is 6.02. The minimum atomic E-state index is -0.758. The summed E-state index contributed by atoms with van der Waals surface area (Å²) in [5.74, 6) is 0.346. The molecule has 1 atom stereocenters. The highest BCUT2D eigenvalue weighted by molar-refractivity contribution is 5.96. The predicted octanol–water partition coefficient (Wildman–Crippen LogP) is 3.32. The molecule has 27 heavy (non-hydrogen) atoms. The van der Waals surface area contributed by atoms with Gasteiger partial charge in [-0.2, -0.15) is 0 Å². The van der Waals surface area contributed by atoms with E-state index in [1.807, 2.05) is 39.0 Å². The van der Waals surface area contributed by atoms with Crippen LogP contribution in [0.1, 0.15) is 41.8 Å². The van der Waals surface area contributed by atoms with Crippen molar-refractivity contribution in [3.8, 4) is 11.5 Å². The molecule has 2 aromatic rings. The van der Waals surface area contributed by atoms with Gasteiger partial charge in [-0.3, -0.25) is 20.4 Å². The maximum atomic E-state index is 12.2. The van der Waals surface area contributed by atoms with Crippen molar-refractivity contribution in [3.63, 3.8) is 0 Å². The normalized spacial score (nSPS) is 11.4. The van der Waals surface area contributed by atoms with E-state index in [4.69, 9.17) is 9.47 Å². The lowest BCUT2D eigenvalue weighted by Gasteiger charge is -2.16. The first kappa shape index (κ1) is 20.3. The SMILES string of the molecule is CCCOc1cccc(C(=O)NNC(=O)C(C)Oc2ccc(C)c(C)c2)c1. The van der Waals surface area contributed by atoms with Crippen molar-refractivity contribution < 1.29 is 19.1 Å². The van der Waals surface area contributed by atoms with Crippen LogP contribution in [0.5, 0.6) is 11.5 Å². The van der Waals surface area contributed by atoms with Gasteiger partial charge in [0.05, 0.1) is 6.61 Å². The van der Waals surface area contributed by atoms with Gasteiger partial charge in [-0.15, -0.1) is 0 Å². The Balaban J connectivity index is 1.88. The van der Waals surface area contributed by atoms with Crippen molar-refractivity contribution in [2.45, 2.75) is 40.2 Å². The Morgan fingerprint density at radius 3 is 2.48 bits per heavy atom. The number of amides is 2. The van der Waals surface area contributed by atoms with Crippen molar-refractivity contribution in [1.29, 1.82) is 0 Å². The van der Waals surface area contributed by atoms with Crippen molar-refractivity contribution >= 4 is 11.8 Å². The number of ether oxygens (including phenoxy) is 2. The number of hydrogen-bond donors (Lipinski definition) is 2. The van der Waals surface area contributed by atoms with E-state index in [0.717, 1.165) is 17.5 Å². The zero-order valence-electron chi connectivity index (χ0n) is 16.2. The highest BCUT2D eigenvalue weighted by Crippen LogP contribution is 2.17. The fraction of sp³-hybridized carbons (Fsp3) is 0.333. The monoisotopic (exact) mass is 370 g/mol. The first-order valence-corrected chi connectivity index (χ1v) is 8.97. The zero-order chi connectivity index (χ0) is 19.8. The molecule has 0 aliphatic rings. The summed E-state index contributed by atoms with van der Waals surface area (Å²) in [4.78, 5) is 24.4. The minimum absolute atomic E-state index is 0.395. The number of carbonyl (C=O) groups excluding carboxylic acids is 2. The molecule has 1 unspecified atom stereocenters. The van der Waals surface area contributed by atoms with E-state index >= 15 is 0 Å². The van der Waals surface area contributed by atoms with Crippen LogP contribution in [-0.2, 0) is 4.79 Å². The van der Waals surface area contributed by atoms with Gasteiger partial charge in [-0.25, -0.2) is 0 Å². The number of aryl methyl sites for hydroxylation is 2. The molecular weight excluding hydrogens is 344 g/mol. The van der Waals surface area contributed by atoms with Crippen LogP contribution in [0.3, 0.4) is 0 Å². The molecule has 0 saturated heterocycles. The summed E-state index contributed by atoms with van der Waals surface area (Å²) in [6.07, 6.45) is 0.122. The van der Waals surface area contributed by atoms with Crippen molar-refractivity contribution in [2.24, 2.45) is 0 Å². The molecular formula is C21H26N2O4. The van der Waals surface area contributed by atoms with Gasteiger partial charge >= 0.3 is 0 Å². The molecule has 0 bridgehead atoms. The molecule has 2 aromatic carbocycles. The van der Waals surface area contributed by atoms with Gasteiger partial charge in [0.2, 0.25) is 0 Å². The molecule has 0 saturated carbocycles. The number of rotatable bonds is 7. The van der Waals surface area contributed by atoms with Crippen molar-refractivity contribution in [3.05, 3.63) is 59.2 Å². The van der Waals surface area contributed by atoms with E-state index < -0.39 is 17.9 Å². The van der Waals surface area contributed by atoms with Crippen LogP contribution in [-0.4, -0.2) is 24.5 Å². The summed E-state index contributed by atoms with van der Waals surface area (Å²) < 4.78 is 11.1. The maximum absolute atomic E-state index is 12.2. The van der Waals surface area contributed by atoms with Crippen LogP contribution in [0.2, 0.25) is 0 Å². The molecule has 0 aliphatic heterocycles. The average molecular weight is 370 g/mol. The van der Waals surface area contributed by atoms with Crippen LogP contribution in [0, 0.1) is 13.8 Å². The summed E-state index contributed by atoms with van der Waals surface area (Å²) >= 11 is 0. The lowest BCUT2D eigenvalue weighted by atomic mass is 10.1. The molecule has 2 rings (SSSR count). The van der Waals surface area contributed by atoms with Crippen molar-refractivity contribution in [1.82, 2.24) is 10.9 Å². The van der Waals surface area contributed by atoms with Gasteiger partial charge in [-0.1, -0.05) is 19.1 Å². The Labute approximate surface area is 159 Å². The molecule has 6 heteroatoms. The maximum Gasteiger partial charge on any atom is 0.279 e. The Morgan fingerprint density at radius 1 is 1.00 bits per heavy atom. The number of carbonyl (C=O) groups is 2. The Kier molecular flexibility index (Phi) is 7.23. The smallest absolute Gasteiger partial charge is 0.279 e. The molecule has 0 heterocycles. The first-order valence-electron chi connectivity index (χ1n) is 8.97. The Morgan fingerprint density at radius 2 is 1.78 bits per heavy atom. The number of nitrogens with one attached hydrogen (secondary N) is 2. The van der Waals surface area contributed by atoms with Gasteiger partial charge in [0.25, 0.3) is 11.8 Å².